The van der Waals surface area contributed by atoms with Crippen molar-refractivity contribution in [2.45, 2.75) is 93.8 Å². The normalized spacial score (nSPS) is 33.8. The summed E-state index contributed by atoms with van der Waals surface area (Å²) in [5.74, 6) is -1.06. The summed E-state index contributed by atoms with van der Waals surface area (Å²) in [5, 5.41) is 10.2. The Labute approximate surface area is 226 Å². The first kappa shape index (κ1) is 28.2. The van der Waals surface area contributed by atoms with Gasteiger partial charge in [-0.15, -0.1) is 24.9 Å². The van der Waals surface area contributed by atoms with E-state index in [0.29, 0.717) is 19.6 Å². The van der Waals surface area contributed by atoms with Gasteiger partial charge >= 0.3 is 0 Å². The number of aliphatic hydroxyl groups excluding tert-OH is 1. The van der Waals surface area contributed by atoms with Crippen molar-refractivity contribution < 1.29 is 19.5 Å². The minimum atomic E-state index is -0.684. The lowest BCUT2D eigenvalue weighted by atomic mass is 9.65. The number of carbonyl (C=O) groups excluding carboxylic acids is 3. The molecule has 4 fully saturated rings. The molecule has 1 N–H and O–H groups in total. The van der Waals surface area contributed by atoms with Crippen LogP contribution in [-0.4, -0.2) is 91.9 Å². The van der Waals surface area contributed by atoms with Crippen molar-refractivity contribution in [3.05, 3.63) is 25.3 Å². The van der Waals surface area contributed by atoms with Gasteiger partial charge in [-0.05, 0) is 38.5 Å². The molecule has 0 radical (unpaired) electrons. The maximum Gasteiger partial charge on any atom is 0.247 e. The van der Waals surface area contributed by atoms with Crippen molar-refractivity contribution in [2.75, 3.05) is 26.2 Å². The summed E-state index contributed by atoms with van der Waals surface area (Å²) < 4.78 is -0.664. The predicted octanol–water partition coefficient (Wildman–Crippen LogP) is 3.48. The molecule has 1 spiro atoms. The largest absolute Gasteiger partial charge is 0.394 e. The third kappa shape index (κ3) is 4.56. The van der Waals surface area contributed by atoms with Crippen molar-refractivity contribution in [3.8, 4) is 0 Å². The Morgan fingerprint density at radius 2 is 1.86 bits per heavy atom. The van der Waals surface area contributed by atoms with E-state index in [2.05, 4.69) is 20.1 Å². The highest BCUT2D eigenvalue weighted by Crippen LogP contribution is 2.69. The number of hydrogen-bond acceptors (Lipinski definition) is 5. The number of amides is 3. The van der Waals surface area contributed by atoms with Gasteiger partial charge in [0.05, 0.1) is 29.2 Å². The molecule has 1 saturated carbocycles. The Morgan fingerprint density at radius 1 is 1.19 bits per heavy atom. The van der Waals surface area contributed by atoms with Crippen LogP contribution in [0.5, 0.6) is 0 Å². The molecule has 7 nitrogen and oxygen atoms in total. The molecular formula is C29H45N3O4S. The van der Waals surface area contributed by atoms with E-state index in [1.54, 1.807) is 28.8 Å². The monoisotopic (exact) mass is 531 g/mol. The highest BCUT2D eigenvalue weighted by atomic mass is 32.2. The zero-order valence-electron chi connectivity index (χ0n) is 22.8. The molecule has 3 saturated heterocycles. The second-order valence-electron chi connectivity index (χ2n) is 11.5. The molecule has 37 heavy (non-hydrogen) atoms. The molecule has 8 heteroatoms. The summed E-state index contributed by atoms with van der Waals surface area (Å²) in [4.78, 5) is 48.2. The van der Waals surface area contributed by atoms with Crippen LogP contribution in [0.1, 0.15) is 65.7 Å². The molecular weight excluding hydrogens is 486 g/mol. The second-order valence-corrected chi connectivity index (χ2v) is 13.0. The van der Waals surface area contributed by atoms with Gasteiger partial charge in [-0.3, -0.25) is 14.4 Å². The Hall–Kier alpha value is -1.80. The molecule has 4 aliphatic rings. The summed E-state index contributed by atoms with van der Waals surface area (Å²) >= 11 is 1.71. The lowest BCUT2D eigenvalue weighted by Crippen LogP contribution is -2.60. The van der Waals surface area contributed by atoms with Gasteiger partial charge in [0, 0.05) is 30.9 Å². The van der Waals surface area contributed by atoms with Crippen LogP contribution in [0.15, 0.2) is 25.3 Å². The Kier molecular flexibility index (Phi) is 8.79. The molecule has 3 heterocycles. The first-order chi connectivity index (χ1) is 17.8. The molecule has 4 rings (SSSR count). The molecule has 2 bridgehead atoms. The molecule has 3 aliphatic heterocycles. The van der Waals surface area contributed by atoms with Crippen molar-refractivity contribution in [2.24, 2.45) is 17.8 Å². The number of rotatable bonds is 11. The van der Waals surface area contributed by atoms with E-state index in [9.17, 15) is 19.5 Å². The van der Waals surface area contributed by atoms with Crippen molar-refractivity contribution in [1.29, 1.82) is 0 Å². The number of aliphatic hydroxyl groups is 1. The van der Waals surface area contributed by atoms with Crippen LogP contribution in [0.2, 0.25) is 0 Å². The van der Waals surface area contributed by atoms with Gasteiger partial charge in [0.2, 0.25) is 17.7 Å². The first-order valence-corrected chi connectivity index (χ1v) is 15.1. The SMILES string of the molecule is C=CCN(CCC)C(=O)[C@@H]1[C@H]2C(=O)N([C@H](C)CO)C(C(=O)N(CC=C)C3CCCCC3)C23S[C@@H]1CC3C. The molecule has 0 aromatic rings. The second kappa shape index (κ2) is 11.5. The lowest BCUT2D eigenvalue weighted by Gasteiger charge is -2.44. The van der Waals surface area contributed by atoms with Gasteiger partial charge in [0.25, 0.3) is 0 Å². The van der Waals surface area contributed by atoms with Crippen LogP contribution in [0.4, 0.5) is 0 Å². The topological polar surface area (TPSA) is 81.2 Å². The smallest absolute Gasteiger partial charge is 0.247 e. The summed E-state index contributed by atoms with van der Waals surface area (Å²) in [6.45, 7) is 15.1. The highest BCUT2D eigenvalue weighted by molar-refractivity contribution is 8.02. The fraction of sp³-hybridized carbons (Fsp3) is 0.759. The van der Waals surface area contributed by atoms with Gasteiger partial charge in [0.1, 0.15) is 6.04 Å². The van der Waals surface area contributed by atoms with Crippen molar-refractivity contribution in [3.63, 3.8) is 0 Å². The van der Waals surface area contributed by atoms with Gasteiger partial charge in [-0.2, -0.15) is 0 Å². The summed E-state index contributed by atoms with van der Waals surface area (Å²) in [7, 11) is 0. The summed E-state index contributed by atoms with van der Waals surface area (Å²) in [5.41, 5.74) is 0. The average Bonchev–Trinajstić information content (AvgIpc) is 3.50. The van der Waals surface area contributed by atoms with Crippen molar-refractivity contribution in [1.82, 2.24) is 14.7 Å². The van der Waals surface area contributed by atoms with Crippen LogP contribution in [0.3, 0.4) is 0 Å². The van der Waals surface area contributed by atoms with Gasteiger partial charge in [-0.25, -0.2) is 0 Å². The zero-order chi connectivity index (χ0) is 26.9. The Balaban J connectivity index is 1.77. The number of likely N-dealkylation sites (tertiary alicyclic amines) is 1. The molecule has 1 aliphatic carbocycles. The molecule has 3 amide bonds. The van der Waals surface area contributed by atoms with E-state index in [-0.39, 0.29) is 41.5 Å². The fourth-order valence-corrected chi connectivity index (χ4v) is 10.0. The lowest BCUT2D eigenvalue weighted by molar-refractivity contribution is -0.147. The number of carbonyl (C=O) groups is 3. The highest BCUT2D eigenvalue weighted by Gasteiger charge is 2.76. The predicted molar refractivity (Wildman–Crippen MR) is 148 cm³/mol. The summed E-state index contributed by atoms with van der Waals surface area (Å²) in [6.07, 6.45) is 10.5. The van der Waals surface area contributed by atoms with E-state index < -0.39 is 28.7 Å². The molecule has 0 aromatic carbocycles. The van der Waals surface area contributed by atoms with Crippen molar-refractivity contribution >= 4 is 29.5 Å². The zero-order valence-corrected chi connectivity index (χ0v) is 23.6. The van der Waals surface area contributed by atoms with Crippen LogP contribution < -0.4 is 0 Å². The van der Waals surface area contributed by atoms with Crippen LogP contribution in [0, 0.1) is 17.8 Å². The van der Waals surface area contributed by atoms with E-state index in [0.717, 1.165) is 38.5 Å². The quantitative estimate of drug-likeness (QED) is 0.413. The average molecular weight is 532 g/mol. The standard InChI is InChI=1S/C29H45N3O4S/c1-6-14-30(15-7-2)26(34)23-22-17-19(4)29(37-22)24(23)27(35)32(20(5)18-33)25(29)28(36)31(16-8-3)21-12-10-9-11-13-21/h6,8,19-25,33H,1,3,7,9-18H2,2,4-5H3/t19?,20-,22-,23+,24+,25?,29?/m1/s1. The van der Waals surface area contributed by atoms with E-state index in [4.69, 9.17) is 0 Å². The Morgan fingerprint density at radius 3 is 2.46 bits per heavy atom. The molecule has 7 atom stereocenters. The third-order valence-electron chi connectivity index (χ3n) is 9.22. The first-order valence-electron chi connectivity index (χ1n) is 14.2. The number of hydrogen-bond donors (Lipinski definition) is 1. The Bertz CT molecular complexity index is 906. The molecule has 0 aromatic heterocycles. The van der Waals surface area contributed by atoms with Crippen LogP contribution in [-0.2, 0) is 14.4 Å². The van der Waals surface area contributed by atoms with Crippen LogP contribution in [0.25, 0.3) is 0 Å². The van der Waals surface area contributed by atoms with E-state index >= 15 is 0 Å². The summed E-state index contributed by atoms with van der Waals surface area (Å²) in [6, 6.07) is -1.04. The van der Waals surface area contributed by atoms with Gasteiger partial charge < -0.3 is 19.8 Å². The number of nitrogens with zero attached hydrogens (tertiary/aromatic N) is 3. The minimum absolute atomic E-state index is 0.00584. The van der Waals surface area contributed by atoms with E-state index in [1.807, 2.05) is 23.6 Å². The van der Waals surface area contributed by atoms with E-state index in [1.165, 1.54) is 6.42 Å². The van der Waals surface area contributed by atoms with Gasteiger partial charge in [-0.1, -0.05) is 45.3 Å². The number of fused-ring (bicyclic) bond motifs is 1. The maximum atomic E-state index is 14.6. The van der Waals surface area contributed by atoms with Crippen LogP contribution >= 0.6 is 11.8 Å². The number of thioether (sulfide) groups is 1. The third-order valence-corrected chi connectivity index (χ3v) is 11.3. The minimum Gasteiger partial charge on any atom is -0.394 e. The fourth-order valence-electron chi connectivity index (χ4n) is 7.62. The van der Waals surface area contributed by atoms with Gasteiger partial charge in [0.15, 0.2) is 0 Å². The molecule has 206 valence electrons. The maximum absolute atomic E-state index is 14.6. The molecule has 3 unspecified atom stereocenters.